The van der Waals surface area contributed by atoms with Crippen molar-refractivity contribution >= 4 is 33.4 Å². The molecule has 0 aliphatic heterocycles. The summed E-state index contributed by atoms with van der Waals surface area (Å²) in [4.78, 5) is 27.4. The molecule has 2 aromatic rings. The molecule has 0 aliphatic rings. The molecule has 34 heavy (non-hydrogen) atoms. The average Bonchev–Trinajstić information content (AvgIpc) is 2.81. The topological polar surface area (TPSA) is 98.7 Å². The fourth-order valence-electron chi connectivity index (χ4n) is 3.57. The van der Waals surface area contributed by atoms with Gasteiger partial charge in [0.25, 0.3) is 11.8 Å². The number of hydrogen-bond donors (Lipinski definition) is 4. The third kappa shape index (κ3) is 8.98. The summed E-state index contributed by atoms with van der Waals surface area (Å²) in [6.45, 7) is 7.98. The largest absolute Gasteiger partial charge is 0.394 e. The first-order valence-corrected chi connectivity index (χ1v) is 13.8. The Kier molecular flexibility index (Phi) is 12.0. The molecule has 0 bridgehead atoms. The van der Waals surface area contributed by atoms with Gasteiger partial charge in [0.15, 0.2) is 0 Å². The number of carbonyl (C=O) groups is 2. The van der Waals surface area contributed by atoms with Gasteiger partial charge in [-0.25, -0.2) is 0 Å². The van der Waals surface area contributed by atoms with E-state index >= 15 is 0 Å². The molecule has 0 unspecified atom stereocenters. The highest BCUT2D eigenvalue weighted by Gasteiger charge is 2.20. The van der Waals surface area contributed by atoms with Crippen molar-refractivity contribution in [2.75, 3.05) is 13.2 Å². The van der Waals surface area contributed by atoms with Crippen molar-refractivity contribution in [3.63, 3.8) is 0 Å². The third-order valence-corrected chi connectivity index (χ3v) is 7.59. The van der Waals surface area contributed by atoms with Crippen molar-refractivity contribution in [3.05, 3.63) is 59.7 Å². The van der Waals surface area contributed by atoms with E-state index in [2.05, 4.69) is 38.3 Å². The zero-order valence-corrected chi connectivity index (χ0v) is 21.9. The predicted molar refractivity (Wildman–Crippen MR) is 140 cm³/mol. The molecule has 0 saturated carbocycles. The van der Waals surface area contributed by atoms with Crippen molar-refractivity contribution in [1.29, 1.82) is 0 Å². The van der Waals surface area contributed by atoms with Crippen LogP contribution in [-0.2, 0) is 0 Å². The van der Waals surface area contributed by atoms with Gasteiger partial charge in [-0.05, 0) is 48.9 Å². The van der Waals surface area contributed by atoms with Crippen LogP contribution in [-0.4, -0.2) is 47.3 Å². The zero-order valence-electron chi connectivity index (χ0n) is 20.3. The second-order valence-electron chi connectivity index (χ2n) is 9.12. The van der Waals surface area contributed by atoms with Crippen molar-refractivity contribution in [1.82, 2.24) is 10.6 Å². The Bertz CT molecular complexity index is 861. The maximum atomic E-state index is 12.9. The molecule has 0 aliphatic carbocycles. The Morgan fingerprint density at radius 1 is 0.706 bits per heavy atom. The Morgan fingerprint density at radius 2 is 1.06 bits per heavy atom. The van der Waals surface area contributed by atoms with E-state index in [0.29, 0.717) is 35.8 Å². The van der Waals surface area contributed by atoms with Crippen LogP contribution in [0.1, 0.15) is 61.3 Å². The minimum absolute atomic E-state index is 0.109. The van der Waals surface area contributed by atoms with Crippen LogP contribution >= 0.6 is 21.6 Å². The fourth-order valence-corrected chi connectivity index (χ4v) is 5.93. The summed E-state index contributed by atoms with van der Waals surface area (Å²) >= 11 is 0. The molecule has 4 N–H and O–H groups in total. The van der Waals surface area contributed by atoms with Crippen LogP contribution in [0.2, 0.25) is 0 Å². The maximum Gasteiger partial charge on any atom is 0.252 e. The quantitative estimate of drug-likeness (QED) is 0.294. The van der Waals surface area contributed by atoms with Gasteiger partial charge in [-0.3, -0.25) is 9.59 Å². The zero-order chi connectivity index (χ0) is 25.1. The van der Waals surface area contributed by atoms with E-state index in [9.17, 15) is 19.8 Å². The lowest BCUT2D eigenvalue weighted by Gasteiger charge is -2.20. The molecule has 0 saturated heterocycles. The summed E-state index contributed by atoms with van der Waals surface area (Å²) in [5.74, 6) is 0.250. The first-order valence-electron chi connectivity index (χ1n) is 11.6. The molecule has 186 valence electrons. The Hall–Kier alpha value is -2.00. The summed E-state index contributed by atoms with van der Waals surface area (Å²) in [6, 6.07) is 14.0. The summed E-state index contributed by atoms with van der Waals surface area (Å²) in [5, 5.41) is 25.1. The molecular weight excluding hydrogens is 468 g/mol. The van der Waals surface area contributed by atoms with Gasteiger partial charge in [0.2, 0.25) is 0 Å². The highest BCUT2D eigenvalue weighted by molar-refractivity contribution is 8.76. The van der Waals surface area contributed by atoms with Gasteiger partial charge in [-0.1, -0.05) is 73.5 Å². The number of aliphatic hydroxyl groups excluding tert-OH is 2. The van der Waals surface area contributed by atoms with Crippen LogP contribution in [0, 0.1) is 11.8 Å². The Balaban J connectivity index is 2.13. The van der Waals surface area contributed by atoms with E-state index in [1.165, 1.54) is 21.6 Å². The molecule has 2 atom stereocenters. The van der Waals surface area contributed by atoms with Gasteiger partial charge in [0.1, 0.15) is 0 Å². The first-order chi connectivity index (χ1) is 16.2. The lowest BCUT2D eigenvalue weighted by atomic mass is 10.0. The fraction of sp³-hybridized carbons (Fsp3) is 0.462. The van der Waals surface area contributed by atoms with Crippen LogP contribution in [0.25, 0.3) is 0 Å². The number of benzene rings is 2. The maximum absolute atomic E-state index is 12.9. The number of nitrogens with one attached hydrogen (secondary N) is 2. The van der Waals surface area contributed by atoms with Gasteiger partial charge in [0, 0.05) is 9.79 Å². The second-order valence-corrected chi connectivity index (χ2v) is 11.3. The molecule has 2 aromatic carbocycles. The van der Waals surface area contributed by atoms with Gasteiger partial charge >= 0.3 is 0 Å². The lowest BCUT2D eigenvalue weighted by molar-refractivity contribution is 0.0898. The number of amides is 2. The molecule has 0 fully saturated rings. The van der Waals surface area contributed by atoms with Crippen molar-refractivity contribution in [2.45, 2.75) is 62.4 Å². The normalized spacial score (nSPS) is 13.1. The molecule has 2 rings (SSSR count). The van der Waals surface area contributed by atoms with E-state index in [0.717, 1.165) is 9.79 Å². The smallest absolute Gasteiger partial charge is 0.252 e. The first kappa shape index (κ1) is 28.2. The monoisotopic (exact) mass is 504 g/mol. The molecule has 0 aromatic heterocycles. The Labute approximate surface area is 210 Å². The van der Waals surface area contributed by atoms with Crippen LogP contribution in [0.15, 0.2) is 58.3 Å². The van der Waals surface area contributed by atoms with Crippen molar-refractivity contribution < 1.29 is 19.8 Å². The summed E-state index contributed by atoms with van der Waals surface area (Å²) in [6.07, 6.45) is 1.39. The van der Waals surface area contributed by atoms with Gasteiger partial charge in [-0.2, -0.15) is 0 Å². The second kappa shape index (κ2) is 14.4. The van der Waals surface area contributed by atoms with E-state index in [1.807, 2.05) is 36.4 Å². The summed E-state index contributed by atoms with van der Waals surface area (Å²) < 4.78 is 0. The average molecular weight is 505 g/mol. The van der Waals surface area contributed by atoms with E-state index in [4.69, 9.17) is 0 Å². The van der Waals surface area contributed by atoms with Crippen molar-refractivity contribution in [3.8, 4) is 0 Å². The summed E-state index contributed by atoms with van der Waals surface area (Å²) in [7, 11) is 2.82. The van der Waals surface area contributed by atoms with E-state index < -0.39 is 0 Å². The van der Waals surface area contributed by atoms with Crippen LogP contribution in [0.4, 0.5) is 0 Å². The van der Waals surface area contributed by atoms with E-state index in [-0.39, 0.29) is 37.1 Å². The standard InChI is InChI=1S/C26H36N2O4S2/c1-17(2)13-19(15-29)27-25(31)21-9-5-7-11-23(21)33-34-24-12-8-6-10-22(24)26(32)28-20(16-30)14-18(3)4/h5-12,17-20,29-30H,13-16H2,1-4H3,(H,27,31)(H,28,32)/t19-,20-/m0/s1. The molecule has 0 heterocycles. The molecule has 0 radical (unpaired) electrons. The van der Waals surface area contributed by atoms with Crippen molar-refractivity contribution in [2.24, 2.45) is 11.8 Å². The summed E-state index contributed by atoms with van der Waals surface area (Å²) in [5.41, 5.74) is 1.06. The number of rotatable bonds is 13. The number of aliphatic hydroxyl groups is 2. The highest BCUT2D eigenvalue weighted by Crippen LogP contribution is 2.40. The highest BCUT2D eigenvalue weighted by atomic mass is 33.1. The molecule has 2 amide bonds. The van der Waals surface area contributed by atoms with Gasteiger partial charge < -0.3 is 20.8 Å². The van der Waals surface area contributed by atoms with E-state index in [1.54, 1.807) is 12.1 Å². The Morgan fingerprint density at radius 3 is 1.38 bits per heavy atom. The molecule has 0 spiro atoms. The van der Waals surface area contributed by atoms with Gasteiger partial charge in [0.05, 0.1) is 36.4 Å². The third-order valence-electron chi connectivity index (χ3n) is 5.11. The SMILES string of the molecule is CC(C)C[C@@H](CO)NC(=O)c1ccccc1SSc1ccccc1C(=O)N[C@H](CO)CC(C)C. The predicted octanol–water partition coefficient (Wildman–Crippen LogP) is 4.76. The molecule has 6 nitrogen and oxygen atoms in total. The van der Waals surface area contributed by atoms with Crippen LogP contribution in [0.5, 0.6) is 0 Å². The molecular formula is C26H36N2O4S2. The van der Waals surface area contributed by atoms with Gasteiger partial charge in [-0.15, -0.1) is 0 Å². The number of carbonyl (C=O) groups excluding carboxylic acids is 2. The van der Waals surface area contributed by atoms with Crippen LogP contribution in [0.3, 0.4) is 0 Å². The minimum atomic E-state index is -0.298. The minimum Gasteiger partial charge on any atom is -0.394 e. The lowest BCUT2D eigenvalue weighted by Crippen LogP contribution is -2.38. The molecule has 8 heteroatoms. The number of hydrogen-bond acceptors (Lipinski definition) is 6. The van der Waals surface area contributed by atoms with Crippen LogP contribution < -0.4 is 10.6 Å².